The molecular weight excluding hydrogens is 1560 g/mol. The molecular formula is C78H100N18O19S2. The number of benzene rings is 4. The third-order valence-electron chi connectivity index (χ3n) is 18.8. The number of aromatic amines is 3. The van der Waals surface area contributed by atoms with Crippen LogP contribution < -0.4 is 74.9 Å². The van der Waals surface area contributed by atoms with Crippen LogP contribution in [0.3, 0.4) is 0 Å². The van der Waals surface area contributed by atoms with Gasteiger partial charge in [-0.3, -0.25) is 71.9 Å². The third kappa shape index (κ3) is 28.3. The van der Waals surface area contributed by atoms with Crippen molar-refractivity contribution >= 4 is 136 Å². The summed E-state index contributed by atoms with van der Waals surface area (Å²) in [6.07, 6.45) is 2.83. The molecule has 0 spiro atoms. The van der Waals surface area contributed by atoms with Gasteiger partial charge in [0, 0.05) is 96.6 Å². The number of phenols is 1. The second-order valence-corrected chi connectivity index (χ2v) is 29.0. The number of nitrogens with zero attached hydrogens (tertiary/aromatic N) is 1. The number of fused-ring (bicyclic) bond motifs is 2. The molecule has 0 unspecified atom stereocenters. The summed E-state index contributed by atoms with van der Waals surface area (Å²) in [7, 11) is 0. The fourth-order valence-corrected chi connectivity index (χ4v) is 13.0. The normalized spacial score (nSPS) is 14.5. The fraction of sp³-hybridized carbons (Fsp3) is 0.410. The SMILES string of the molecule is CC(=O)N[C@H](CCCCN)C(=O)N[C@@H](CS)C(=O)N[C@@H](C)C(=O)N[C@@H](CC(=O)O)C(=O)N[C@@H](Cc1c[nH]c2ccccc12)C(=O)N[C@H](C(=O)N[C@@H](CS)C(=O)N[C@@H](Cc1ccc(O)cc1)C(=O)N[C@@H](Cc1c[nH]c2ccccc12)C(=O)N[C@@H](Cc1cnc[nH]1)C(=O)N[C@H](C(=O)N[C@@H](Cc1ccccc1)C(=O)NCC(=O)O)[C@@H](C)O)C(C)C. The Balaban J connectivity index is 1.12. The molecule has 7 aromatic rings. The molecule has 4 aromatic carbocycles. The summed E-state index contributed by atoms with van der Waals surface area (Å²) in [5.41, 5.74) is 8.99. The van der Waals surface area contributed by atoms with E-state index in [1.807, 2.05) is 0 Å². The molecule has 13 atom stereocenters. The zero-order valence-corrected chi connectivity index (χ0v) is 66.5. The number of hydrogen-bond acceptors (Lipinski definition) is 21. The first-order valence-corrected chi connectivity index (χ1v) is 38.8. The summed E-state index contributed by atoms with van der Waals surface area (Å²) in [5, 5.41) is 74.7. The number of phenolic OH excluding ortho intramolecular Hbond substituents is 1. The maximum atomic E-state index is 15.2. The number of amides is 13. The van der Waals surface area contributed by atoms with Gasteiger partial charge in [0.1, 0.15) is 84.8 Å². The van der Waals surface area contributed by atoms with E-state index in [-0.39, 0.29) is 55.7 Å². The van der Waals surface area contributed by atoms with Crippen molar-refractivity contribution in [3.8, 4) is 5.75 Å². The molecule has 3 heterocycles. The predicted octanol–water partition coefficient (Wildman–Crippen LogP) is -1.85. The number of aliphatic carboxylic acids is 2. The average molecular weight is 1660 g/mol. The van der Waals surface area contributed by atoms with Crippen LogP contribution in [0, 0.1) is 5.92 Å². The van der Waals surface area contributed by atoms with Gasteiger partial charge in [0.2, 0.25) is 76.8 Å². The Morgan fingerprint density at radius 2 is 0.863 bits per heavy atom. The fourth-order valence-electron chi connectivity index (χ4n) is 12.5. The van der Waals surface area contributed by atoms with Crippen molar-refractivity contribution in [2.45, 2.75) is 171 Å². The molecule has 0 aliphatic rings. The van der Waals surface area contributed by atoms with Crippen molar-refractivity contribution in [2.24, 2.45) is 11.7 Å². The molecule has 22 N–H and O–H groups in total. The number of rotatable bonds is 46. The monoisotopic (exact) mass is 1660 g/mol. The van der Waals surface area contributed by atoms with E-state index in [9.17, 15) is 82.8 Å². The Kier molecular flexibility index (Phi) is 35.4. The first-order chi connectivity index (χ1) is 55.7. The number of hydrogen-bond donors (Lipinski definition) is 23. The van der Waals surface area contributed by atoms with E-state index in [1.165, 1.54) is 57.6 Å². The highest BCUT2D eigenvalue weighted by Gasteiger charge is 2.39. The van der Waals surface area contributed by atoms with E-state index in [0.717, 1.165) is 0 Å². The molecule has 0 saturated heterocycles. The average Bonchev–Trinajstić information content (AvgIpc) is 1.76. The molecule has 0 saturated carbocycles. The van der Waals surface area contributed by atoms with Crippen LogP contribution in [-0.4, -0.2) is 232 Å². The van der Waals surface area contributed by atoms with Gasteiger partial charge in [0.15, 0.2) is 0 Å². The molecule has 0 aliphatic carbocycles. The minimum Gasteiger partial charge on any atom is -0.508 e. The van der Waals surface area contributed by atoms with E-state index in [2.05, 4.69) is 114 Å². The van der Waals surface area contributed by atoms with E-state index in [0.29, 0.717) is 63.4 Å². The lowest BCUT2D eigenvalue weighted by Crippen LogP contribution is -2.62. The maximum Gasteiger partial charge on any atom is 0.322 e. The Bertz CT molecular complexity index is 4620. The number of thiol groups is 2. The number of nitrogens with two attached hydrogens (primary N) is 1. The van der Waals surface area contributed by atoms with Crippen LogP contribution in [-0.2, 0) is 104 Å². The molecule has 3 aromatic heterocycles. The Morgan fingerprint density at radius 3 is 1.36 bits per heavy atom. The number of aliphatic hydroxyl groups is 1. The Morgan fingerprint density at radius 1 is 0.436 bits per heavy atom. The number of carboxylic acid groups (broad SMARTS) is 2. The first kappa shape index (κ1) is 91.8. The molecule has 0 radical (unpaired) electrons. The molecule has 0 bridgehead atoms. The number of imidazole rings is 1. The number of unbranched alkanes of at least 4 members (excludes halogenated alkanes) is 1. The third-order valence-corrected chi connectivity index (χ3v) is 19.5. The van der Waals surface area contributed by atoms with Gasteiger partial charge in [-0.15, -0.1) is 0 Å². The summed E-state index contributed by atoms with van der Waals surface area (Å²) >= 11 is 8.60. The lowest BCUT2D eigenvalue weighted by Gasteiger charge is -2.29. The topological polar surface area (TPSA) is 580 Å². The first-order valence-electron chi connectivity index (χ1n) is 37.6. The maximum absolute atomic E-state index is 15.2. The van der Waals surface area contributed by atoms with Crippen LogP contribution in [0.25, 0.3) is 21.8 Å². The van der Waals surface area contributed by atoms with Gasteiger partial charge in [-0.05, 0) is 92.1 Å². The predicted molar refractivity (Wildman–Crippen MR) is 433 cm³/mol. The van der Waals surface area contributed by atoms with Gasteiger partial charge in [-0.2, -0.15) is 25.3 Å². The number of aliphatic hydroxyl groups excluding tert-OH is 1. The molecule has 13 amide bonds. The number of carbonyl (C=O) groups is 15. The van der Waals surface area contributed by atoms with Gasteiger partial charge in [0.25, 0.3) is 0 Å². The van der Waals surface area contributed by atoms with Crippen LogP contribution in [0.5, 0.6) is 5.75 Å². The number of carbonyl (C=O) groups excluding carboxylic acids is 13. The lowest BCUT2D eigenvalue weighted by atomic mass is 9.99. The van der Waals surface area contributed by atoms with Gasteiger partial charge < -0.3 is 110 Å². The van der Waals surface area contributed by atoms with Crippen molar-refractivity contribution in [1.82, 2.24) is 89.1 Å². The highest BCUT2D eigenvalue weighted by molar-refractivity contribution is 7.80. The second-order valence-electron chi connectivity index (χ2n) is 28.3. The molecule has 7 rings (SSSR count). The summed E-state index contributed by atoms with van der Waals surface area (Å²) < 4.78 is 0. The highest BCUT2D eigenvalue weighted by atomic mass is 32.1. The van der Waals surface area contributed by atoms with Crippen molar-refractivity contribution < 1.29 is 92.3 Å². The van der Waals surface area contributed by atoms with Crippen LogP contribution in [0.15, 0.2) is 128 Å². The van der Waals surface area contributed by atoms with Gasteiger partial charge >= 0.3 is 11.9 Å². The molecule has 117 heavy (non-hydrogen) atoms. The Hall–Kier alpha value is -12.4. The van der Waals surface area contributed by atoms with E-state index >= 15 is 9.59 Å². The van der Waals surface area contributed by atoms with Gasteiger partial charge in [-0.1, -0.05) is 92.7 Å². The van der Waals surface area contributed by atoms with E-state index in [4.69, 9.17) is 5.73 Å². The molecule has 37 nitrogen and oxygen atoms in total. The summed E-state index contributed by atoms with van der Waals surface area (Å²) in [4.78, 5) is 221. The standard InChI is InChI=1S/C78H100N18O19S2/c1-40(2)65(95-73(110)58(30-47-34-82-53-20-12-10-18-51(47)53)90-72(109)60(32-63(100)101)87-67(104)41(3)85-75(112)61(37-116)93-69(106)54(86-43(5)98)21-13-14-26-79)77(114)94-62(38-117)76(113)88-56(28-45-22-24-49(99)25-23-45)70(107)89-57(29-46-33-81-52-19-11-9-17-50(46)52)71(108)91-59(31-48-35-80-39-84-48)74(111)96-66(42(4)97)78(115)92-55(68(105)83-36-64(102)103)27-44-15-7-6-8-16-44/h6-12,15-20,22-25,33-35,39-42,54-62,65-66,81-82,97,99,116-117H,13-14,21,26-32,36-38,79H2,1-5H3,(H,80,84)(H,83,105)(H,85,112)(H,86,98)(H,87,104)(H,88,113)(H,89,107)(H,90,109)(H,91,108)(H,92,115)(H,93,106)(H,94,114)(H,95,110)(H,96,111)(H,100,101)(H,102,103)/t41-,42+,54+,55-,56-,57-,58-,59-,60-,61-,62-,65-,66-/m0/s1. The molecule has 0 aliphatic heterocycles. The number of carboxylic acids is 2. The second kappa shape index (κ2) is 45.1. The minimum absolute atomic E-state index is 0.147. The minimum atomic E-state index is -1.92. The van der Waals surface area contributed by atoms with Crippen LogP contribution in [0.2, 0.25) is 0 Å². The van der Waals surface area contributed by atoms with Gasteiger partial charge in [-0.25, -0.2) is 4.98 Å². The van der Waals surface area contributed by atoms with Crippen molar-refractivity contribution in [3.05, 3.63) is 156 Å². The largest absolute Gasteiger partial charge is 0.508 e. The zero-order valence-electron chi connectivity index (χ0n) is 64.7. The van der Waals surface area contributed by atoms with Crippen LogP contribution in [0.1, 0.15) is 88.2 Å². The molecule has 628 valence electrons. The van der Waals surface area contributed by atoms with Crippen molar-refractivity contribution in [2.75, 3.05) is 24.6 Å². The van der Waals surface area contributed by atoms with Crippen LogP contribution in [0.4, 0.5) is 0 Å². The Labute approximate surface area is 682 Å². The number of para-hydroxylation sites is 2. The summed E-state index contributed by atoms with van der Waals surface area (Å²) in [5.74, 6) is -17.1. The smallest absolute Gasteiger partial charge is 0.322 e. The molecule has 0 fully saturated rings. The van der Waals surface area contributed by atoms with Gasteiger partial charge in [0.05, 0.1) is 18.9 Å². The summed E-state index contributed by atoms with van der Waals surface area (Å²) in [6, 6.07) is 9.03. The highest BCUT2D eigenvalue weighted by Crippen LogP contribution is 2.23. The molecule has 39 heteroatoms. The van der Waals surface area contributed by atoms with E-state index < -0.39 is 192 Å². The van der Waals surface area contributed by atoms with Crippen LogP contribution >= 0.6 is 25.3 Å². The number of aromatic nitrogens is 4. The number of H-pyrrole nitrogens is 3. The van der Waals surface area contributed by atoms with E-state index in [1.54, 1.807) is 105 Å². The van der Waals surface area contributed by atoms with Crippen molar-refractivity contribution in [1.29, 1.82) is 0 Å². The lowest BCUT2D eigenvalue weighted by molar-refractivity contribution is -0.141. The number of nitrogens with one attached hydrogen (secondary N) is 16. The quantitative estimate of drug-likeness (QED) is 0.0147. The van der Waals surface area contributed by atoms with Crippen molar-refractivity contribution in [3.63, 3.8) is 0 Å². The zero-order chi connectivity index (χ0) is 85.6. The summed E-state index contributed by atoms with van der Waals surface area (Å²) in [6.45, 7) is 6.22. The number of aromatic hydroxyl groups is 1.